The van der Waals surface area contributed by atoms with Crippen molar-refractivity contribution < 1.29 is 9.53 Å². The van der Waals surface area contributed by atoms with E-state index in [1.165, 1.54) is 6.92 Å². The van der Waals surface area contributed by atoms with Crippen LogP contribution in [-0.4, -0.2) is 37.7 Å². The molecule has 2 aliphatic heterocycles. The lowest BCUT2D eigenvalue weighted by molar-refractivity contribution is 0.101. The molecule has 0 bridgehead atoms. The Morgan fingerprint density at radius 3 is 2.83 bits per heavy atom. The SMILES string of the molecule is COc1cc2c(cc1C#Cc1cnc3cccnn13)[C@H]1CCC(C)(C)N1n1cc(C(C)=O)c(=O)cc1-2. The predicted molar refractivity (Wildman–Crippen MR) is 136 cm³/mol. The van der Waals surface area contributed by atoms with Gasteiger partial charge >= 0.3 is 0 Å². The van der Waals surface area contributed by atoms with E-state index in [-0.39, 0.29) is 28.4 Å². The third-order valence-electron chi connectivity index (χ3n) is 7.20. The van der Waals surface area contributed by atoms with Gasteiger partial charge in [0.1, 0.15) is 11.4 Å². The number of nitrogens with zero attached hydrogens (tertiary/aromatic N) is 5. The van der Waals surface area contributed by atoms with Gasteiger partial charge in [0.25, 0.3) is 0 Å². The summed E-state index contributed by atoms with van der Waals surface area (Å²) in [6, 6.07) is 9.38. The Kier molecular flexibility index (Phi) is 4.80. The zero-order valence-electron chi connectivity index (χ0n) is 20.6. The minimum absolute atomic E-state index is 0.0775. The molecule has 2 aliphatic rings. The molecular formula is C28H25N5O3. The van der Waals surface area contributed by atoms with Crippen molar-refractivity contribution in [3.63, 3.8) is 0 Å². The molecule has 0 amide bonds. The molecule has 8 heteroatoms. The summed E-state index contributed by atoms with van der Waals surface area (Å²) >= 11 is 0. The molecule has 180 valence electrons. The lowest BCUT2D eigenvalue weighted by atomic mass is 9.91. The summed E-state index contributed by atoms with van der Waals surface area (Å²) in [4.78, 5) is 29.4. The lowest BCUT2D eigenvalue weighted by Gasteiger charge is -2.44. The van der Waals surface area contributed by atoms with E-state index in [4.69, 9.17) is 4.74 Å². The molecule has 0 unspecified atom stereocenters. The Bertz CT molecular complexity index is 1690. The molecule has 0 N–H and O–H groups in total. The van der Waals surface area contributed by atoms with Crippen molar-refractivity contribution in [2.45, 2.75) is 45.2 Å². The minimum Gasteiger partial charge on any atom is -0.495 e. The van der Waals surface area contributed by atoms with Crippen molar-refractivity contribution in [3.8, 4) is 28.8 Å². The first kappa shape index (κ1) is 22.1. The van der Waals surface area contributed by atoms with Crippen LogP contribution in [0.4, 0.5) is 0 Å². The third-order valence-corrected chi connectivity index (χ3v) is 7.20. The number of carbonyl (C=O) groups is 1. The molecule has 0 saturated carbocycles. The van der Waals surface area contributed by atoms with Crippen molar-refractivity contribution >= 4 is 11.4 Å². The van der Waals surface area contributed by atoms with E-state index < -0.39 is 0 Å². The fraction of sp³-hybridized carbons (Fsp3) is 0.286. The highest BCUT2D eigenvalue weighted by molar-refractivity contribution is 5.94. The quantitative estimate of drug-likeness (QED) is 0.322. The molecule has 4 aromatic rings. The highest BCUT2D eigenvalue weighted by atomic mass is 16.5. The maximum atomic E-state index is 12.8. The van der Waals surface area contributed by atoms with Crippen LogP contribution in [0.5, 0.6) is 5.75 Å². The molecule has 36 heavy (non-hydrogen) atoms. The Hall–Kier alpha value is -4.38. The second-order valence-corrected chi connectivity index (χ2v) is 9.88. The number of hydrogen-bond acceptors (Lipinski definition) is 6. The van der Waals surface area contributed by atoms with Crippen molar-refractivity contribution in [2.24, 2.45) is 0 Å². The largest absolute Gasteiger partial charge is 0.495 e. The Morgan fingerprint density at radius 1 is 1.22 bits per heavy atom. The number of hydrogen-bond donors (Lipinski definition) is 0. The number of pyridine rings is 1. The van der Waals surface area contributed by atoms with Gasteiger partial charge in [-0.05, 0) is 69.4 Å². The predicted octanol–water partition coefficient (Wildman–Crippen LogP) is 3.73. The minimum atomic E-state index is -0.280. The summed E-state index contributed by atoms with van der Waals surface area (Å²) in [5, 5.41) is 6.62. The molecule has 8 nitrogen and oxygen atoms in total. The first-order valence-electron chi connectivity index (χ1n) is 11.9. The molecule has 5 heterocycles. The monoisotopic (exact) mass is 479 g/mol. The van der Waals surface area contributed by atoms with Crippen LogP contribution in [0.15, 0.2) is 53.7 Å². The number of methoxy groups -OCH3 is 1. The maximum Gasteiger partial charge on any atom is 0.193 e. The summed E-state index contributed by atoms with van der Waals surface area (Å²) < 4.78 is 9.43. The topological polar surface area (TPSA) is 81.7 Å². The van der Waals surface area contributed by atoms with E-state index in [0.29, 0.717) is 11.4 Å². The Labute approximate surface area is 208 Å². The number of carbonyl (C=O) groups excluding carboxylic acids is 1. The molecule has 1 saturated heterocycles. The third kappa shape index (κ3) is 3.23. The number of ketones is 1. The van der Waals surface area contributed by atoms with Gasteiger partial charge in [-0.1, -0.05) is 5.92 Å². The average Bonchev–Trinajstić information content (AvgIpc) is 3.42. The summed E-state index contributed by atoms with van der Waals surface area (Å²) in [7, 11) is 1.61. The normalized spacial score (nSPS) is 17.1. The molecular weight excluding hydrogens is 454 g/mol. The standard InChI is InChI=1S/C28H25N5O3/c1-17(34)22-16-31-24(14-25(22)35)21-13-26(36-4)18(12-20(21)23-9-10-28(2,3)33(23)31)7-8-19-15-29-27-6-5-11-30-32(19)27/h5-6,11-16,23H,9-10H2,1-4H3/t23-/m1/s1. The van der Waals surface area contributed by atoms with E-state index >= 15 is 0 Å². The van der Waals surface area contributed by atoms with Crippen molar-refractivity contribution in [3.05, 3.63) is 81.5 Å². The fourth-order valence-electron chi connectivity index (χ4n) is 5.45. The van der Waals surface area contributed by atoms with Gasteiger partial charge in [0, 0.05) is 24.0 Å². The van der Waals surface area contributed by atoms with E-state index in [1.807, 2.05) is 22.9 Å². The summed E-state index contributed by atoms with van der Waals surface area (Å²) in [6.45, 7) is 5.81. The number of ether oxygens (including phenoxy) is 1. The van der Waals surface area contributed by atoms with Crippen molar-refractivity contribution in [1.29, 1.82) is 0 Å². The van der Waals surface area contributed by atoms with Crippen LogP contribution < -0.4 is 15.2 Å². The summed E-state index contributed by atoms with van der Waals surface area (Å²) in [6.07, 6.45) is 7.01. The first-order chi connectivity index (χ1) is 17.3. The molecule has 1 atom stereocenters. The second-order valence-electron chi connectivity index (χ2n) is 9.88. The van der Waals surface area contributed by atoms with Gasteiger partial charge in [0.2, 0.25) is 0 Å². The number of aromatic nitrogens is 4. The lowest BCUT2D eigenvalue weighted by Crippen LogP contribution is -2.50. The van der Waals surface area contributed by atoms with E-state index in [2.05, 4.69) is 46.8 Å². The van der Waals surface area contributed by atoms with E-state index in [0.717, 1.165) is 40.9 Å². The molecule has 6 rings (SSSR count). The maximum absolute atomic E-state index is 12.8. The van der Waals surface area contributed by atoms with Gasteiger partial charge in [-0.2, -0.15) is 5.10 Å². The van der Waals surface area contributed by atoms with E-state index in [1.54, 1.807) is 36.3 Å². The van der Waals surface area contributed by atoms with Gasteiger partial charge in [-0.3, -0.25) is 19.3 Å². The summed E-state index contributed by atoms with van der Waals surface area (Å²) in [5.41, 5.74) is 4.68. The van der Waals surface area contributed by atoms with Crippen molar-refractivity contribution in [2.75, 3.05) is 12.1 Å². The van der Waals surface area contributed by atoms with Crippen LogP contribution >= 0.6 is 0 Å². The average molecular weight is 480 g/mol. The fourth-order valence-corrected chi connectivity index (χ4v) is 5.45. The second kappa shape index (κ2) is 7.82. The number of fused-ring (bicyclic) bond motifs is 7. The molecule has 0 aliphatic carbocycles. The van der Waals surface area contributed by atoms with Gasteiger partial charge in [-0.25, -0.2) is 9.50 Å². The van der Waals surface area contributed by atoms with Gasteiger partial charge in [-0.15, -0.1) is 0 Å². The first-order valence-corrected chi connectivity index (χ1v) is 11.9. The van der Waals surface area contributed by atoms with Crippen LogP contribution in [0.2, 0.25) is 0 Å². The van der Waals surface area contributed by atoms with Crippen LogP contribution in [0.25, 0.3) is 16.9 Å². The highest BCUT2D eigenvalue weighted by Gasteiger charge is 2.45. The van der Waals surface area contributed by atoms with Gasteiger partial charge in [0.15, 0.2) is 16.9 Å². The Balaban J connectivity index is 1.56. The molecule has 0 radical (unpaired) electrons. The van der Waals surface area contributed by atoms with Gasteiger partial charge < -0.3 is 4.74 Å². The molecule has 0 spiro atoms. The Morgan fingerprint density at radius 2 is 2.06 bits per heavy atom. The zero-order chi connectivity index (χ0) is 25.2. The zero-order valence-corrected chi connectivity index (χ0v) is 20.6. The number of Topliss-reactive ketones (excluding diaryl/α,β-unsaturated/α-hetero) is 1. The summed E-state index contributed by atoms with van der Waals surface area (Å²) in [5.74, 6) is 6.83. The molecule has 1 fully saturated rings. The van der Waals surface area contributed by atoms with Crippen LogP contribution in [0.1, 0.15) is 66.8 Å². The smallest absolute Gasteiger partial charge is 0.193 e. The van der Waals surface area contributed by atoms with Gasteiger partial charge in [0.05, 0.1) is 41.7 Å². The molecule has 3 aromatic heterocycles. The van der Waals surface area contributed by atoms with E-state index in [9.17, 15) is 9.59 Å². The van der Waals surface area contributed by atoms with Crippen LogP contribution in [-0.2, 0) is 0 Å². The highest BCUT2D eigenvalue weighted by Crippen LogP contribution is 2.49. The number of rotatable bonds is 2. The van der Waals surface area contributed by atoms with Crippen LogP contribution in [0.3, 0.4) is 0 Å². The number of benzene rings is 1. The number of imidazole rings is 1. The van der Waals surface area contributed by atoms with Crippen LogP contribution in [0, 0.1) is 11.8 Å². The molecule has 1 aromatic carbocycles. The van der Waals surface area contributed by atoms with Crippen molar-refractivity contribution in [1.82, 2.24) is 19.3 Å².